The van der Waals surface area contributed by atoms with Crippen molar-refractivity contribution in [2.24, 2.45) is 0 Å². The monoisotopic (exact) mass is 586 g/mol. The molecule has 0 heterocycles. The molecule has 1 amide bonds. The molecule has 0 aliphatic carbocycles. The first-order chi connectivity index (χ1) is 19.9. The number of amides is 1. The van der Waals surface area contributed by atoms with E-state index >= 15 is 0 Å². The summed E-state index contributed by atoms with van der Waals surface area (Å²) in [5.74, 6) is -2.49. The summed E-state index contributed by atoms with van der Waals surface area (Å²) in [6, 6.07) is 24.5. The Hall–Kier alpha value is -4.80. The molecule has 10 heteroatoms. The molecular formula is C32H30N2O7S. The zero-order valence-electron chi connectivity index (χ0n) is 23.3. The Labute approximate surface area is 244 Å². The second kappa shape index (κ2) is 12.4. The maximum atomic E-state index is 13.6. The van der Waals surface area contributed by atoms with Crippen molar-refractivity contribution in [1.29, 1.82) is 0 Å². The molecule has 0 aromatic heterocycles. The molecule has 4 rings (SSSR count). The molecule has 0 unspecified atom stereocenters. The number of benzene rings is 4. The van der Waals surface area contributed by atoms with Crippen LogP contribution in [0.4, 0.5) is 5.69 Å². The predicted molar refractivity (Wildman–Crippen MR) is 159 cm³/mol. The lowest BCUT2D eigenvalue weighted by molar-refractivity contribution is -0.118. The molecule has 0 bridgehead atoms. The van der Waals surface area contributed by atoms with Gasteiger partial charge in [-0.3, -0.25) is 9.59 Å². The number of phenols is 1. The minimum atomic E-state index is -3.98. The molecule has 42 heavy (non-hydrogen) atoms. The second-order valence-electron chi connectivity index (χ2n) is 9.89. The molecule has 4 aromatic rings. The highest BCUT2D eigenvalue weighted by molar-refractivity contribution is 7.89. The third-order valence-electron chi connectivity index (χ3n) is 6.81. The van der Waals surface area contributed by atoms with Crippen molar-refractivity contribution >= 4 is 33.4 Å². The van der Waals surface area contributed by atoms with Crippen molar-refractivity contribution in [1.82, 2.24) is 4.31 Å². The normalized spacial score (nSPS) is 11.3. The first-order valence-electron chi connectivity index (χ1n) is 13.0. The van der Waals surface area contributed by atoms with Crippen LogP contribution in [-0.2, 0) is 21.4 Å². The van der Waals surface area contributed by atoms with E-state index < -0.39 is 34.2 Å². The van der Waals surface area contributed by atoms with Gasteiger partial charge in [0.15, 0.2) is 5.78 Å². The molecule has 0 aliphatic heterocycles. The summed E-state index contributed by atoms with van der Waals surface area (Å²) in [5, 5.41) is 19.6. The molecule has 216 valence electrons. The maximum Gasteiger partial charge on any atom is 0.339 e. The Morgan fingerprint density at radius 2 is 1.50 bits per heavy atom. The van der Waals surface area contributed by atoms with Crippen LogP contribution in [0.5, 0.6) is 5.75 Å². The van der Waals surface area contributed by atoms with E-state index in [2.05, 4.69) is 0 Å². The first kappa shape index (κ1) is 30.2. The van der Waals surface area contributed by atoms with Gasteiger partial charge in [-0.1, -0.05) is 60.2 Å². The van der Waals surface area contributed by atoms with Gasteiger partial charge in [0.05, 0.1) is 18.0 Å². The number of hydrogen-bond donors (Lipinski definition) is 2. The highest BCUT2D eigenvalue weighted by Crippen LogP contribution is 2.28. The van der Waals surface area contributed by atoms with Crippen molar-refractivity contribution in [3.8, 4) is 16.9 Å². The molecule has 4 aromatic carbocycles. The number of rotatable bonds is 10. The molecule has 0 fully saturated rings. The van der Waals surface area contributed by atoms with Crippen LogP contribution in [0, 0.1) is 6.92 Å². The molecule has 0 saturated heterocycles. The number of carbonyl (C=O) groups is 3. The van der Waals surface area contributed by atoms with Crippen molar-refractivity contribution in [3.05, 3.63) is 113 Å². The number of aryl methyl sites for hydroxylation is 1. The molecule has 2 N–H and O–H groups in total. The topological polar surface area (TPSA) is 132 Å². The molecule has 9 nitrogen and oxygen atoms in total. The van der Waals surface area contributed by atoms with Gasteiger partial charge in [0, 0.05) is 24.4 Å². The summed E-state index contributed by atoms with van der Waals surface area (Å²) in [7, 11) is -2.67. The zero-order chi connectivity index (χ0) is 30.6. The van der Waals surface area contributed by atoms with E-state index in [1.807, 2.05) is 25.1 Å². The lowest BCUT2D eigenvalue weighted by atomic mass is 10.0. The van der Waals surface area contributed by atoms with Crippen LogP contribution < -0.4 is 4.90 Å². The Morgan fingerprint density at radius 3 is 2.10 bits per heavy atom. The highest BCUT2D eigenvalue weighted by Gasteiger charge is 2.27. The van der Waals surface area contributed by atoms with Crippen LogP contribution >= 0.6 is 0 Å². The summed E-state index contributed by atoms with van der Waals surface area (Å²) in [5.41, 5.74) is 3.74. The van der Waals surface area contributed by atoms with E-state index in [0.717, 1.165) is 27.1 Å². The number of likely N-dealkylation sites (N-methyl/N-ethyl adjacent to an activating group) is 1. The molecule has 0 aliphatic rings. The van der Waals surface area contributed by atoms with Gasteiger partial charge in [0.25, 0.3) is 0 Å². The Morgan fingerprint density at radius 1 is 0.833 bits per heavy atom. The second-order valence-corrected chi connectivity index (χ2v) is 11.9. The minimum Gasteiger partial charge on any atom is -0.507 e. The largest absolute Gasteiger partial charge is 0.507 e. The Kier molecular flexibility index (Phi) is 8.89. The van der Waals surface area contributed by atoms with Crippen LogP contribution in [0.2, 0.25) is 0 Å². The molecule has 0 spiro atoms. The number of nitrogens with zero attached hydrogens (tertiary/aromatic N) is 2. The number of aromatic carboxylic acids is 1. The number of ketones is 1. The van der Waals surface area contributed by atoms with Gasteiger partial charge in [0.1, 0.15) is 11.3 Å². The number of hydrogen-bond acceptors (Lipinski definition) is 6. The quantitative estimate of drug-likeness (QED) is 0.247. The van der Waals surface area contributed by atoms with Gasteiger partial charge in [-0.05, 0) is 60.9 Å². The molecule has 0 atom stereocenters. The van der Waals surface area contributed by atoms with Crippen molar-refractivity contribution < 1.29 is 33.0 Å². The van der Waals surface area contributed by atoms with E-state index in [9.17, 15) is 33.0 Å². The minimum absolute atomic E-state index is 0.0108. The van der Waals surface area contributed by atoms with Gasteiger partial charge in [0.2, 0.25) is 15.9 Å². The SMILES string of the molecule is CC(=O)c1cccc(-c2ccc(CN(C(=O)CN(C)S(=O)(=O)c3ccc(C)cc3)c3ccc(C(=O)O)c(O)c3)cc2)c1. The maximum absolute atomic E-state index is 13.6. The number of carboxylic acids is 1. The van der Waals surface area contributed by atoms with Crippen LogP contribution in [0.1, 0.15) is 38.8 Å². The van der Waals surface area contributed by atoms with Crippen LogP contribution in [-0.4, -0.2) is 54.2 Å². The third kappa shape index (κ3) is 6.73. The number of carbonyl (C=O) groups excluding carboxylic acids is 2. The van der Waals surface area contributed by atoms with Gasteiger partial charge in [-0.15, -0.1) is 0 Å². The standard InChI is InChI=1S/C32H30N2O7S/c1-21-7-14-28(15-8-21)42(40,41)33(3)20-31(37)34(27-13-16-29(32(38)39)30(36)18-27)19-23-9-11-24(12-10-23)26-6-4-5-25(17-26)22(2)35/h4-18,36H,19-20H2,1-3H3,(H,38,39). The van der Waals surface area contributed by atoms with Crippen LogP contribution in [0.25, 0.3) is 11.1 Å². The number of carboxylic acid groups (broad SMARTS) is 1. The molecular weight excluding hydrogens is 556 g/mol. The average molecular weight is 587 g/mol. The summed E-state index contributed by atoms with van der Waals surface area (Å²) in [6.45, 7) is 2.84. The van der Waals surface area contributed by atoms with Gasteiger partial charge in [-0.25, -0.2) is 13.2 Å². The summed E-state index contributed by atoms with van der Waals surface area (Å²) < 4.78 is 27.2. The molecule has 0 saturated carbocycles. The predicted octanol–water partition coefficient (Wildman–Crippen LogP) is 5.12. The van der Waals surface area contributed by atoms with Crippen molar-refractivity contribution in [3.63, 3.8) is 0 Å². The fraction of sp³-hybridized carbons (Fsp3) is 0.156. The fourth-order valence-electron chi connectivity index (χ4n) is 4.35. The van der Waals surface area contributed by atoms with E-state index in [1.165, 1.54) is 43.1 Å². The Balaban J connectivity index is 1.63. The van der Waals surface area contributed by atoms with E-state index in [4.69, 9.17) is 0 Å². The first-order valence-corrected chi connectivity index (χ1v) is 14.4. The van der Waals surface area contributed by atoms with E-state index in [-0.39, 0.29) is 28.5 Å². The van der Waals surface area contributed by atoms with E-state index in [0.29, 0.717) is 11.1 Å². The van der Waals surface area contributed by atoms with Gasteiger partial charge < -0.3 is 15.1 Å². The van der Waals surface area contributed by atoms with Gasteiger partial charge >= 0.3 is 5.97 Å². The summed E-state index contributed by atoms with van der Waals surface area (Å²) >= 11 is 0. The molecule has 0 radical (unpaired) electrons. The van der Waals surface area contributed by atoms with Crippen molar-refractivity contribution in [2.75, 3.05) is 18.5 Å². The summed E-state index contributed by atoms with van der Waals surface area (Å²) in [6.07, 6.45) is 0. The van der Waals surface area contributed by atoms with Gasteiger partial charge in [-0.2, -0.15) is 4.31 Å². The average Bonchev–Trinajstić information content (AvgIpc) is 2.96. The third-order valence-corrected chi connectivity index (χ3v) is 8.63. The highest BCUT2D eigenvalue weighted by atomic mass is 32.2. The number of aromatic hydroxyl groups is 1. The number of sulfonamides is 1. The van der Waals surface area contributed by atoms with Crippen molar-refractivity contribution in [2.45, 2.75) is 25.3 Å². The Bertz CT molecular complexity index is 1750. The van der Waals surface area contributed by atoms with E-state index in [1.54, 1.807) is 42.5 Å². The summed E-state index contributed by atoms with van der Waals surface area (Å²) in [4.78, 5) is 38.1. The number of anilines is 1. The fourth-order valence-corrected chi connectivity index (χ4v) is 5.47. The zero-order valence-corrected chi connectivity index (χ0v) is 24.1. The lowest BCUT2D eigenvalue weighted by Gasteiger charge is -2.26. The lowest BCUT2D eigenvalue weighted by Crippen LogP contribution is -2.41. The van der Waals surface area contributed by atoms with Crippen LogP contribution in [0.15, 0.2) is 95.9 Å². The number of Topliss-reactive ketones (excluding diaryl/α,β-unsaturated/α-hetero) is 1. The smallest absolute Gasteiger partial charge is 0.339 e. The van der Waals surface area contributed by atoms with Crippen LogP contribution in [0.3, 0.4) is 0 Å².